The number of hydrogen-bond acceptors (Lipinski definition) is 2. The smallest absolute Gasteiger partial charge is 0.329 e. The van der Waals surface area contributed by atoms with Gasteiger partial charge in [-0.25, -0.2) is 8.42 Å². The van der Waals surface area contributed by atoms with Crippen molar-refractivity contribution in [1.82, 2.24) is 4.31 Å². The van der Waals surface area contributed by atoms with Crippen LogP contribution >= 0.6 is 0 Å². The third-order valence-electron chi connectivity index (χ3n) is 4.78. The molecule has 0 radical (unpaired) electrons. The van der Waals surface area contributed by atoms with Gasteiger partial charge in [0, 0.05) is 5.56 Å². The molecule has 1 aliphatic heterocycles. The Morgan fingerprint density at radius 2 is 1.52 bits per heavy atom. The first-order valence-corrected chi connectivity index (χ1v) is 10.4. The Morgan fingerprint density at radius 3 is 2.15 bits per heavy atom. The summed E-state index contributed by atoms with van der Waals surface area (Å²) < 4.78 is 66.0. The van der Waals surface area contributed by atoms with Crippen LogP contribution in [0.15, 0.2) is 54.6 Å². The summed E-state index contributed by atoms with van der Waals surface area (Å²) in [6.07, 6.45) is -4.38. The zero-order valence-corrected chi connectivity index (χ0v) is 15.6. The van der Waals surface area contributed by atoms with Gasteiger partial charge in [0.05, 0.1) is 37.5 Å². The third-order valence-corrected chi connectivity index (χ3v) is 6.63. The van der Waals surface area contributed by atoms with Crippen molar-refractivity contribution in [3.8, 4) is 0 Å². The summed E-state index contributed by atoms with van der Waals surface area (Å²) in [5.74, 6) is -0.0555. The molecule has 8 heteroatoms. The number of hydrogen-bond donors (Lipinski definition) is 1. The van der Waals surface area contributed by atoms with Crippen LogP contribution in [-0.2, 0) is 28.5 Å². The Labute approximate surface area is 157 Å². The van der Waals surface area contributed by atoms with Gasteiger partial charge in [-0.1, -0.05) is 48.5 Å². The van der Waals surface area contributed by atoms with Crippen LogP contribution in [0.25, 0.3) is 0 Å². The Hall–Kier alpha value is -1.90. The Kier molecular flexibility index (Phi) is 5.88. The van der Waals surface area contributed by atoms with E-state index in [1.54, 1.807) is 30.3 Å². The standard InChI is InChI=1S/C19H21F3N2O2S/c20-19(21,22)18-9-5-4-8-17(18)14-23-10-12-24(13-11-23)27(25,26)15-16-6-2-1-3-7-16/h1-9H,10-15H2/p+1. The van der Waals surface area contributed by atoms with Crippen LogP contribution < -0.4 is 4.90 Å². The van der Waals surface area contributed by atoms with E-state index in [0.717, 1.165) is 16.5 Å². The summed E-state index contributed by atoms with van der Waals surface area (Å²) >= 11 is 0. The lowest BCUT2D eigenvalue weighted by Crippen LogP contribution is -3.13. The van der Waals surface area contributed by atoms with Crippen molar-refractivity contribution in [2.45, 2.75) is 18.5 Å². The molecule has 1 fully saturated rings. The number of sulfonamides is 1. The molecule has 2 aromatic carbocycles. The van der Waals surface area contributed by atoms with Crippen LogP contribution in [0.1, 0.15) is 16.7 Å². The van der Waals surface area contributed by atoms with Gasteiger partial charge in [0.2, 0.25) is 10.0 Å². The highest BCUT2D eigenvalue weighted by molar-refractivity contribution is 7.88. The molecule has 1 N–H and O–H groups in total. The number of nitrogens with zero attached hydrogens (tertiary/aromatic N) is 1. The summed E-state index contributed by atoms with van der Waals surface area (Å²) in [4.78, 5) is 0.956. The summed E-state index contributed by atoms with van der Waals surface area (Å²) in [5, 5.41) is 0. The molecule has 0 amide bonds. The molecule has 4 nitrogen and oxygen atoms in total. The number of halogens is 3. The van der Waals surface area contributed by atoms with Crippen LogP contribution in [0.5, 0.6) is 0 Å². The van der Waals surface area contributed by atoms with E-state index in [2.05, 4.69) is 0 Å². The SMILES string of the molecule is O=S(=O)(Cc1ccccc1)N1CC[NH+](Cc2ccccc2C(F)(F)F)CC1. The maximum Gasteiger partial charge on any atom is 0.416 e. The molecule has 0 bridgehead atoms. The third kappa shape index (κ3) is 5.09. The van der Waals surface area contributed by atoms with Crippen LogP contribution in [0.3, 0.4) is 0 Å². The van der Waals surface area contributed by atoms with Crippen molar-refractivity contribution in [2.24, 2.45) is 0 Å². The molecule has 146 valence electrons. The molecular formula is C19H22F3N2O2S+. The second-order valence-electron chi connectivity index (χ2n) is 6.72. The van der Waals surface area contributed by atoms with E-state index in [9.17, 15) is 21.6 Å². The first kappa shape index (κ1) is 19.9. The second-order valence-corrected chi connectivity index (χ2v) is 8.69. The van der Waals surface area contributed by atoms with Crippen molar-refractivity contribution in [2.75, 3.05) is 26.2 Å². The molecule has 2 aromatic rings. The molecule has 3 rings (SSSR count). The quantitative estimate of drug-likeness (QED) is 0.835. The van der Waals surface area contributed by atoms with E-state index >= 15 is 0 Å². The molecule has 1 saturated heterocycles. The van der Waals surface area contributed by atoms with Crippen LogP contribution in [0.2, 0.25) is 0 Å². The molecule has 0 atom stereocenters. The fraction of sp³-hybridized carbons (Fsp3) is 0.368. The van der Waals surface area contributed by atoms with Gasteiger partial charge in [-0.2, -0.15) is 17.5 Å². The highest BCUT2D eigenvalue weighted by Gasteiger charge is 2.35. The molecule has 0 unspecified atom stereocenters. The van der Waals surface area contributed by atoms with E-state index in [1.807, 2.05) is 6.07 Å². The highest BCUT2D eigenvalue weighted by atomic mass is 32.2. The van der Waals surface area contributed by atoms with Gasteiger partial charge in [0.1, 0.15) is 6.54 Å². The molecule has 0 spiro atoms. The maximum absolute atomic E-state index is 13.1. The lowest BCUT2D eigenvalue weighted by atomic mass is 10.1. The highest BCUT2D eigenvalue weighted by Crippen LogP contribution is 2.31. The summed E-state index contributed by atoms with van der Waals surface area (Å²) in [7, 11) is -3.42. The van der Waals surface area contributed by atoms with E-state index < -0.39 is 21.8 Å². The fourth-order valence-corrected chi connectivity index (χ4v) is 4.89. The Bertz CT molecular complexity index is 862. The number of quaternary nitrogens is 1. The van der Waals surface area contributed by atoms with E-state index in [0.29, 0.717) is 26.2 Å². The molecule has 1 aliphatic rings. The van der Waals surface area contributed by atoms with Gasteiger partial charge in [0.15, 0.2) is 0 Å². The van der Waals surface area contributed by atoms with Gasteiger partial charge >= 0.3 is 6.18 Å². The largest absolute Gasteiger partial charge is 0.416 e. The maximum atomic E-state index is 13.1. The van der Waals surface area contributed by atoms with Crippen LogP contribution in [0.4, 0.5) is 13.2 Å². The number of rotatable bonds is 5. The minimum absolute atomic E-state index is 0.0555. The van der Waals surface area contributed by atoms with E-state index in [1.165, 1.54) is 16.4 Å². The van der Waals surface area contributed by atoms with Gasteiger partial charge < -0.3 is 4.90 Å². The lowest BCUT2D eigenvalue weighted by molar-refractivity contribution is -0.917. The summed E-state index contributed by atoms with van der Waals surface area (Å²) in [5.41, 5.74) is 0.364. The van der Waals surface area contributed by atoms with Crippen LogP contribution in [0, 0.1) is 0 Å². The van der Waals surface area contributed by atoms with Crippen molar-refractivity contribution in [1.29, 1.82) is 0 Å². The predicted octanol–water partition coefficient (Wildman–Crippen LogP) is 1.94. The minimum Gasteiger partial charge on any atom is -0.329 e. The van der Waals surface area contributed by atoms with Gasteiger partial charge in [-0.05, 0) is 11.6 Å². The monoisotopic (exact) mass is 399 g/mol. The average molecular weight is 399 g/mol. The predicted molar refractivity (Wildman–Crippen MR) is 96.5 cm³/mol. The molecule has 27 heavy (non-hydrogen) atoms. The van der Waals surface area contributed by atoms with Crippen molar-refractivity contribution in [3.05, 3.63) is 71.3 Å². The second kappa shape index (κ2) is 8.00. The van der Waals surface area contributed by atoms with Crippen molar-refractivity contribution < 1.29 is 26.5 Å². The number of nitrogens with one attached hydrogen (secondary N) is 1. The molecule has 0 saturated carbocycles. The first-order valence-electron chi connectivity index (χ1n) is 8.76. The van der Waals surface area contributed by atoms with Gasteiger partial charge in [-0.15, -0.1) is 0 Å². The average Bonchev–Trinajstić information content (AvgIpc) is 2.62. The van der Waals surface area contributed by atoms with Crippen molar-refractivity contribution >= 4 is 10.0 Å². The molecule has 0 aliphatic carbocycles. The summed E-state index contributed by atoms with van der Waals surface area (Å²) in [6, 6.07) is 14.5. The zero-order valence-electron chi connectivity index (χ0n) is 14.7. The normalized spacial score (nSPS) is 17.1. The van der Waals surface area contributed by atoms with Crippen molar-refractivity contribution in [3.63, 3.8) is 0 Å². The first-order chi connectivity index (χ1) is 12.8. The summed E-state index contributed by atoms with van der Waals surface area (Å²) in [6.45, 7) is 1.85. The van der Waals surface area contributed by atoms with E-state index in [4.69, 9.17) is 0 Å². The lowest BCUT2D eigenvalue weighted by Gasteiger charge is -2.32. The zero-order chi connectivity index (χ0) is 19.5. The number of benzene rings is 2. The number of piperazine rings is 1. The van der Waals surface area contributed by atoms with Crippen LogP contribution in [-0.4, -0.2) is 38.9 Å². The Morgan fingerprint density at radius 1 is 0.926 bits per heavy atom. The van der Waals surface area contributed by atoms with Gasteiger partial charge in [0.25, 0.3) is 0 Å². The number of alkyl halides is 3. The topological polar surface area (TPSA) is 41.8 Å². The fourth-order valence-electron chi connectivity index (χ4n) is 3.35. The molecule has 0 aromatic heterocycles. The van der Waals surface area contributed by atoms with E-state index in [-0.39, 0.29) is 17.9 Å². The molecule has 1 heterocycles. The Balaban J connectivity index is 1.61. The minimum atomic E-state index is -4.38. The van der Waals surface area contributed by atoms with Gasteiger partial charge in [-0.3, -0.25) is 0 Å². The molecular weight excluding hydrogens is 377 g/mol.